The second kappa shape index (κ2) is 3.17. The van der Waals surface area contributed by atoms with Gasteiger partial charge in [-0.1, -0.05) is 6.07 Å². The minimum Gasteiger partial charge on any atom is -0.356 e. The monoisotopic (exact) mass is 217 g/mol. The molecule has 0 saturated heterocycles. The third kappa shape index (κ3) is 1.14. The van der Waals surface area contributed by atoms with E-state index in [0.717, 1.165) is 36.1 Å². The zero-order valence-electron chi connectivity index (χ0n) is 9.06. The van der Waals surface area contributed by atoms with E-state index in [9.17, 15) is 9.18 Å². The first kappa shape index (κ1) is 9.58. The van der Waals surface area contributed by atoms with Crippen LogP contribution in [0.4, 0.5) is 4.39 Å². The van der Waals surface area contributed by atoms with Gasteiger partial charge in [0, 0.05) is 11.3 Å². The Morgan fingerprint density at radius 3 is 2.94 bits per heavy atom. The fourth-order valence-electron chi connectivity index (χ4n) is 2.53. The van der Waals surface area contributed by atoms with Crippen LogP contribution < -0.4 is 5.43 Å². The van der Waals surface area contributed by atoms with Crippen LogP contribution in [-0.2, 0) is 12.8 Å². The molecule has 0 saturated carbocycles. The fourth-order valence-corrected chi connectivity index (χ4v) is 2.53. The summed E-state index contributed by atoms with van der Waals surface area (Å²) in [4.78, 5) is 15.3. The van der Waals surface area contributed by atoms with E-state index in [1.165, 1.54) is 6.07 Å². The summed E-state index contributed by atoms with van der Waals surface area (Å²) in [5, 5.41) is 0.514. The SMILES string of the molecule is Cc1ccc(F)c2[nH]c3c(c(=O)c12)CCC3. The molecule has 3 rings (SSSR count). The van der Waals surface area contributed by atoms with Gasteiger partial charge >= 0.3 is 0 Å². The predicted octanol–water partition coefficient (Wildman–Crippen LogP) is 2.46. The second-order valence-corrected chi connectivity index (χ2v) is 4.38. The third-order valence-electron chi connectivity index (χ3n) is 3.36. The Labute approximate surface area is 92.1 Å². The van der Waals surface area contributed by atoms with Crippen LogP contribution in [0.1, 0.15) is 23.2 Å². The van der Waals surface area contributed by atoms with E-state index >= 15 is 0 Å². The normalized spacial score (nSPS) is 14.4. The van der Waals surface area contributed by atoms with E-state index < -0.39 is 0 Å². The molecule has 0 fully saturated rings. The molecule has 16 heavy (non-hydrogen) atoms. The molecule has 1 N–H and O–H groups in total. The number of hydrogen-bond acceptors (Lipinski definition) is 1. The lowest BCUT2D eigenvalue weighted by molar-refractivity contribution is 0.636. The number of halogens is 1. The summed E-state index contributed by atoms with van der Waals surface area (Å²) in [5.74, 6) is -0.340. The van der Waals surface area contributed by atoms with Crippen molar-refractivity contribution in [3.05, 3.63) is 45.0 Å². The number of hydrogen-bond donors (Lipinski definition) is 1. The van der Waals surface area contributed by atoms with Crippen LogP contribution in [0.3, 0.4) is 0 Å². The lowest BCUT2D eigenvalue weighted by atomic mass is 10.1. The number of nitrogens with one attached hydrogen (secondary N) is 1. The number of pyridine rings is 1. The minimum atomic E-state index is -0.340. The summed E-state index contributed by atoms with van der Waals surface area (Å²) >= 11 is 0. The Hall–Kier alpha value is -1.64. The van der Waals surface area contributed by atoms with Crippen LogP contribution in [0.25, 0.3) is 10.9 Å². The van der Waals surface area contributed by atoms with Crippen LogP contribution in [0.2, 0.25) is 0 Å². The van der Waals surface area contributed by atoms with E-state index in [0.29, 0.717) is 10.9 Å². The summed E-state index contributed by atoms with van der Waals surface area (Å²) in [5.41, 5.74) is 2.99. The van der Waals surface area contributed by atoms with Gasteiger partial charge in [0.25, 0.3) is 0 Å². The maximum atomic E-state index is 13.6. The van der Waals surface area contributed by atoms with E-state index in [4.69, 9.17) is 0 Å². The molecule has 2 aromatic rings. The second-order valence-electron chi connectivity index (χ2n) is 4.38. The Bertz CT molecular complexity index is 642. The molecule has 0 amide bonds. The van der Waals surface area contributed by atoms with Crippen molar-refractivity contribution in [2.75, 3.05) is 0 Å². The first-order chi connectivity index (χ1) is 7.68. The molecule has 0 atom stereocenters. The number of aryl methyl sites for hydroxylation is 2. The molecule has 82 valence electrons. The molecule has 0 aliphatic heterocycles. The third-order valence-corrected chi connectivity index (χ3v) is 3.36. The summed E-state index contributed by atoms with van der Waals surface area (Å²) in [6.45, 7) is 1.85. The molecular weight excluding hydrogens is 205 g/mol. The largest absolute Gasteiger partial charge is 0.356 e. The van der Waals surface area contributed by atoms with Crippen molar-refractivity contribution in [3.8, 4) is 0 Å². The number of benzene rings is 1. The number of H-pyrrole nitrogens is 1. The maximum absolute atomic E-state index is 13.6. The van der Waals surface area contributed by atoms with Crippen LogP contribution in [0, 0.1) is 12.7 Å². The van der Waals surface area contributed by atoms with Gasteiger partial charge < -0.3 is 4.98 Å². The van der Waals surface area contributed by atoms with Crippen LogP contribution >= 0.6 is 0 Å². The lowest BCUT2D eigenvalue weighted by Crippen LogP contribution is -2.12. The highest BCUT2D eigenvalue weighted by Gasteiger charge is 2.19. The quantitative estimate of drug-likeness (QED) is 0.722. The average molecular weight is 217 g/mol. The Kier molecular flexibility index (Phi) is 1.90. The summed E-state index contributed by atoms with van der Waals surface area (Å²) in [6, 6.07) is 3.07. The van der Waals surface area contributed by atoms with E-state index in [-0.39, 0.29) is 11.2 Å². The summed E-state index contributed by atoms with van der Waals surface area (Å²) in [6.07, 6.45) is 2.66. The van der Waals surface area contributed by atoms with Gasteiger partial charge in [0.2, 0.25) is 0 Å². The molecule has 0 spiro atoms. The maximum Gasteiger partial charge on any atom is 0.193 e. The first-order valence-electron chi connectivity index (χ1n) is 5.51. The van der Waals surface area contributed by atoms with Crippen molar-refractivity contribution in [2.24, 2.45) is 0 Å². The van der Waals surface area contributed by atoms with Gasteiger partial charge in [-0.3, -0.25) is 4.79 Å². The van der Waals surface area contributed by atoms with Gasteiger partial charge in [-0.25, -0.2) is 4.39 Å². The van der Waals surface area contributed by atoms with Crippen molar-refractivity contribution in [1.29, 1.82) is 0 Å². The standard InChI is InChI=1S/C13H12FNO/c1-7-5-6-9(14)12-11(7)13(16)8-3-2-4-10(8)15-12/h5-6H,2-4H2,1H3,(H,15,16). The molecule has 1 aliphatic rings. The predicted molar refractivity (Wildman–Crippen MR) is 61.3 cm³/mol. The van der Waals surface area contributed by atoms with Gasteiger partial charge in [0.1, 0.15) is 5.82 Å². The zero-order chi connectivity index (χ0) is 11.3. The minimum absolute atomic E-state index is 0.0123. The highest BCUT2D eigenvalue weighted by atomic mass is 19.1. The Balaban J connectivity index is 2.56. The molecular formula is C13H12FNO. The van der Waals surface area contributed by atoms with E-state index in [2.05, 4.69) is 4.98 Å². The van der Waals surface area contributed by atoms with Gasteiger partial charge in [-0.15, -0.1) is 0 Å². The lowest BCUT2D eigenvalue weighted by Gasteiger charge is -2.06. The van der Waals surface area contributed by atoms with Gasteiger partial charge in [0.15, 0.2) is 5.43 Å². The van der Waals surface area contributed by atoms with E-state index in [1.807, 2.05) is 6.92 Å². The molecule has 0 unspecified atom stereocenters. The first-order valence-corrected chi connectivity index (χ1v) is 5.51. The van der Waals surface area contributed by atoms with Crippen molar-refractivity contribution in [1.82, 2.24) is 4.98 Å². The molecule has 1 aliphatic carbocycles. The van der Waals surface area contributed by atoms with Gasteiger partial charge in [0.05, 0.1) is 10.9 Å². The molecule has 1 aromatic heterocycles. The van der Waals surface area contributed by atoms with Crippen LogP contribution in [0.5, 0.6) is 0 Å². The Morgan fingerprint density at radius 2 is 2.12 bits per heavy atom. The fraction of sp³-hybridized carbons (Fsp3) is 0.308. The Morgan fingerprint density at radius 1 is 1.31 bits per heavy atom. The molecule has 0 radical (unpaired) electrons. The average Bonchev–Trinajstić information content (AvgIpc) is 2.72. The number of fused-ring (bicyclic) bond motifs is 2. The molecule has 0 bridgehead atoms. The molecule has 1 heterocycles. The summed E-state index contributed by atoms with van der Waals surface area (Å²) < 4.78 is 13.6. The highest BCUT2D eigenvalue weighted by Crippen LogP contribution is 2.23. The van der Waals surface area contributed by atoms with Gasteiger partial charge in [-0.2, -0.15) is 0 Å². The number of aromatic amines is 1. The van der Waals surface area contributed by atoms with Crippen molar-refractivity contribution < 1.29 is 4.39 Å². The highest BCUT2D eigenvalue weighted by molar-refractivity contribution is 5.83. The zero-order valence-corrected chi connectivity index (χ0v) is 9.06. The number of aromatic nitrogens is 1. The van der Waals surface area contributed by atoms with Crippen LogP contribution in [-0.4, -0.2) is 4.98 Å². The van der Waals surface area contributed by atoms with Crippen molar-refractivity contribution in [2.45, 2.75) is 26.2 Å². The van der Waals surface area contributed by atoms with Crippen molar-refractivity contribution >= 4 is 10.9 Å². The summed E-state index contributed by atoms with van der Waals surface area (Å²) in [7, 11) is 0. The number of rotatable bonds is 0. The smallest absolute Gasteiger partial charge is 0.193 e. The molecule has 3 heteroatoms. The van der Waals surface area contributed by atoms with Gasteiger partial charge in [-0.05, 0) is 37.8 Å². The molecule has 2 nitrogen and oxygen atoms in total. The topological polar surface area (TPSA) is 32.9 Å². The van der Waals surface area contributed by atoms with Crippen molar-refractivity contribution in [3.63, 3.8) is 0 Å². The van der Waals surface area contributed by atoms with E-state index in [1.54, 1.807) is 6.07 Å². The molecule has 1 aromatic carbocycles. The van der Waals surface area contributed by atoms with Crippen LogP contribution in [0.15, 0.2) is 16.9 Å².